The molecule has 1 aliphatic heterocycles. The Labute approximate surface area is 173 Å². The fourth-order valence-electron chi connectivity index (χ4n) is 3.52. The minimum atomic E-state index is -0.0648. The lowest BCUT2D eigenvalue weighted by atomic mass is 9.95. The van der Waals surface area contributed by atoms with Crippen LogP contribution in [0.4, 0.5) is 5.69 Å². The molecule has 1 saturated heterocycles. The summed E-state index contributed by atoms with van der Waals surface area (Å²) in [6, 6.07) is 15.5. The van der Waals surface area contributed by atoms with E-state index >= 15 is 0 Å². The second-order valence-corrected chi connectivity index (χ2v) is 8.00. The zero-order valence-corrected chi connectivity index (χ0v) is 17.5. The van der Waals surface area contributed by atoms with Gasteiger partial charge in [0, 0.05) is 24.7 Å². The molecule has 0 aromatic heterocycles. The summed E-state index contributed by atoms with van der Waals surface area (Å²) >= 11 is 0. The number of amides is 2. The summed E-state index contributed by atoms with van der Waals surface area (Å²) in [5.74, 6) is 0.880. The lowest BCUT2D eigenvalue weighted by Gasteiger charge is -2.31. The van der Waals surface area contributed by atoms with Crippen molar-refractivity contribution in [2.45, 2.75) is 46.1 Å². The van der Waals surface area contributed by atoms with E-state index in [0.29, 0.717) is 32.4 Å². The van der Waals surface area contributed by atoms with Gasteiger partial charge in [-0.1, -0.05) is 29.8 Å². The van der Waals surface area contributed by atoms with Crippen molar-refractivity contribution in [3.8, 4) is 5.75 Å². The molecule has 29 heavy (non-hydrogen) atoms. The maximum atomic E-state index is 12.6. The standard InChI is InChI=1S/C24H30N2O3/c1-17(2)29-22-10-8-21(9-11-22)25-24(28)20-12-14-26(15-13-20)23(27)16-19-6-4-18(3)5-7-19/h4-11,17,20H,12-16H2,1-3H3,(H,25,28). The highest BCUT2D eigenvalue weighted by Crippen LogP contribution is 2.22. The van der Waals surface area contributed by atoms with Crippen molar-refractivity contribution in [2.75, 3.05) is 18.4 Å². The second-order valence-electron chi connectivity index (χ2n) is 8.00. The van der Waals surface area contributed by atoms with Crippen molar-refractivity contribution in [1.29, 1.82) is 0 Å². The number of anilines is 1. The molecule has 0 atom stereocenters. The summed E-state index contributed by atoms with van der Waals surface area (Å²) in [5.41, 5.74) is 2.99. The molecular formula is C24H30N2O3. The molecule has 2 aromatic rings. The van der Waals surface area contributed by atoms with Gasteiger partial charge in [-0.25, -0.2) is 0 Å². The van der Waals surface area contributed by atoms with Crippen LogP contribution in [0.15, 0.2) is 48.5 Å². The molecule has 1 heterocycles. The molecule has 3 rings (SSSR count). The van der Waals surface area contributed by atoms with E-state index in [0.717, 1.165) is 17.0 Å². The summed E-state index contributed by atoms with van der Waals surface area (Å²) in [4.78, 5) is 27.0. The summed E-state index contributed by atoms with van der Waals surface area (Å²) in [6.45, 7) is 7.25. The Bertz CT molecular complexity index is 820. The number of hydrogen-bond acceptors (Lipinski definition) is 3. The minimum absolute atomic E-state index is 0.0214. The number of hydrogen-bond donors (Lipinski definition) is 1. The second kappa shape index (κ2) is 9.59. The van der Waals surface area contributed by atoms with Gasteiger partial charge in [-0.05, 0) is 63.4 Å². The number of likely N-dealkylation sites (tertiary alicyclic amines) is 1. The van der Waals surface area contributed by atoms with E-state index in [4.69, 9.17) is 4.74 Å². The van der Waals surface area contributed by atoms with E-state index in [1.54, 1.807) is 0 Å². The van der Waals surface area contributed by atoms with Crippen molar-refractivity contribution >= 4 is 17.5 Å². The summed E-state index contributed by atoms with van der Waals surface area (Å²) in [7, 11) is 0. The number of nitrogens with one attached hydrogen (secondary N) is 1. The van der Waals surface area contributed by atoms with Gasteiger partial charge in [0.15, 0.2) is 0 Å². The molecule has 1 aliphatic rings. The highest BCUT2D eigenvalue weighted by Gasteiger charge is 2.27. The van der Waals surface area contributed by atoms with Gasteiger partial charge in [-0.15, -0.1) is 0 Å². The Morgan fingerprint density at radius 2 is 1.66 bits per heavy atom. The molecule has 154 valence electrons. The van der Waals surface area contributed by atoms with E-state index in [2.05, 4.69) is 5.32 Å². The third-order valence-corrected chi connectivity index (χ3v) is 5.19. The Balaban J connectivity index is 1.46. The molecule has 0 aliphatic carbocycles. The fourth-order valence-corrected chi connectivity index (χ4v) is 3.52. The average molecular weight is 395 g/mol. The molecule has 0 radical (unpaired) electrons. The van der Waals surface area contributed by atoms with Gasteiger partial charge in [0.1, 0.15) is 5.75 Å². The molecule has 2 amide bonds. The fraction of sp³-hybridized carbons (Fsp3) is 0.417. The first kappa shape index (κ1) is 20.9. The molecule has 5 nitrogen and oxygen atoms in total. The molecule has 5 heteroatoms. The molecule has 0 unspecified atom stereocenters. The van der Waals surface area contributed by atoms with Crippen molar-refractivity contribution < 1.29 is 14.3 Å². The van der Waals surface area contributed by atoms with Crippen LogP contribution >= 0.6 is 0 Å². The number of rotatable bonds is 6. The van der Waals surface area contributed by atoms with Crippen LogP contribution < -0.4 is 10.1 Å². The first-order valence-corrected chi connectivity index (χ1v) is 10.3. The van der Waals surface area contributed by atoms with Gasteiger partial charge < -0.3 is 15.0 Å². The molecule has 0 saturated carbocycles. The van der Waals surface area contributed by atoms with Crippen LogP contribution in [0.2, 0.25) is 0 Å². The maximum absolute atomic E-state index is 12.6. The molecular weight excluding hydrogens is 364 g/mol. The summed E-state index contributed by atoms with van der Waals surface area (Å²) < 4.78 is 5.62. The topological polar surface area (TPSA) is 58.6 Å². The highest BCUT2D eigenvalue weighted by molar-refractivity contribution is 5.92. The Morgan fingerprint density at radius 1 is 1.03 bits per heavy atom. The van der Waals surface area contributed by atoms with E-state index in [1.165, 1.54) is 5.56 Å². The highest BCUT2D eigenvalue weighted by atomic mass is 16.5. The number of piperidine rings is 1. The minimum Gasteiger partial charge on any atom is -0.491 e. The average Bonchev–Trinajstić information content (AvgIpc) is 2.71. The zero-order chi connectivity index (χ0) is 20.8. The van der Waals surface area contributed by atoms with Crippen LogP contribution in [0.1, 0.15) is 37.8 Å². The van der Waals surface area contributed by atoms with Crippen molar-refractivity contribution in [2.24, 2.45) is 5.92 Å². The van der Waals surface area contributed by atoms with Crippen molar-refractivity contribution in [3.63, 3.8) is 0 Å². The van der Waals surface area contributed by atoms with Gasteiger partial charge >= 0.3 is 0 Å². The Kier molecular flexibility index (Phi) is 6.91. The van der Waals surface area contributed by atoms with Gasteiger partial charge in [-0.3, -0.25) is 9.59 Å². The third kappa shape index (κ3) is 6.08. The van der Waals surface area contributed by atoms with Crippen LogP contribution in [-0.4, -0.2) is 35.9 Å². The SMILES string of the molecule is Cc1ccc(CC(=O)N2CCC(C(=O)Nc3ccc(OC(C)C)cc3)CC2)cc1. The number of benzene rings is 2. The van der Waals surface area contributed by atoms with Gasteiger partial charge in [0.05, 0.1) is 12.5 Å². The van der Waals surface area contributed by atoms with Crippen LogP contribution in [0, 0.1) is 12.8 Å². The Morgan fingerprint density at radius 3 is 2.24 bits per heavy atom. The predicted octanol–water partition coefficient (Wildman–Crippen LogP) is 4.20. The summed E-state index contributed by atoms with van der Waals surface area (Å²) in [5, 5.41) is 2.98. The molecule has 1 fully saturated rings. The van der Waals surface area contributed by atoms with Gasteiger partial charge in [-0.2, -0.15) is 0 Å². The number of nitrogens with zero attached hydrogens (tertiary/aromatic N) is 1. The van der Waals surface area contributed by atoms with E-state index in [-0.39, 0.29) is 23.8 Å². The number of carbonyl (C=O) groups is 2. The molecule has 2 aromatic carbocycles. The van der Waals surface area contributed by atoms with E-state index in [9.17, 15) is 9.59 Å². The lowest BCUT2D eigenvalue weighted by Crippen LogP contribution is -2.42. The number of carbonyl (C=O) groups excluding carboxylic acids is 2. The third-order valence-electron chi connectivity index (χ3n) is 5.19. The first-order valence-electron chi connectivity index (χ1n) is 10.3. The van der Waals surface area contributed by atoms with Crippen molar-refractivity contribution in [3.05, 3.63) is 59.7 Å². The number of ether oxygens (including phenoxy) is 1. The van der Waals surface area contributed by atoms with Gasteiger partial charge in [0.2, 0.25) is 11.8 Å². The molecule has 0 spiro atoms. The largest absolute Gasteiger partial charge is 0.491 e. The van der Waals surface area contributed by atoms with Crippen molar-refractivity contribution in [1.82, 2.24) is 4.90 Å². The van der Waals surface area contributed by atoms with Crippen LogP contribution in [0.25, 0.3) is 0 Å². The van der Waals surface area contributed by atoms with Crippen LogP contribution in [-0.2, 0) is 16.0 Å². The molecule has 1 N–H and O–H groups in total. The smallest absolute Gasteiger partial charge is 0.227 e. The number of aryl methyl sites for hydroxylation is 1. The van der Waals surface area contributed by atoms with E-state index < -0.39 is 0 Å². The lowest BCUT2D eigenvalue weighted by molar-refractivity contribution is -0.133. The predicted molar refractivity (Wildman–Crippen MR) is 115 cm³/mol. The normalized spacial score (nSPS) is 14.7. The monoisotopic (exact) mass is 394 g/mol. The quantitative estimate of drug-likeness (QED) is 0.799. The van der Waals surface area contributed by atoms with Crippen LogP contribution in [0.5, 0.6) is 5.75 Å². The summed E-state index contributed by atoms with van der Waals surface area (Å²) in [6.07, 6.45) is 1.93. The Hall–Kier alpha value is -2.82. The van der Waals surface area contributed by atoms with Crippen LogP contribution in [0.3, 0.4) is 0 Å². The molecule has 0 bridgehead atoms. The first-order chi connectivity index (χ1) is 13.9. The van der Waals surface area contributed by atoms with Gasteiger partial charge in [0.25, 0.3) is 0 Å². The maximum Gasteiger partial charge on any atom is 0.227 e. The van der Waals surface area contributed by atoms with E-state index in [1.807, 2.05) is 74.2 Å². The zero-order valence-electron chi connectivity index (χ0n) is 17.5.